The van der Waals surface area contributed by atoms with E-state index in [1.54, 1.807) is 4.57 Å². The van der Waals surface area contributed by atoms with Crippen LogP contribution in [0.4, 0.5) is 5.95 Å². The monoisotopic (exact) mass is 268 g/mol. The summed E-state index contributed by atoms with van der Waals surface area (Å²) in [6, 6.07) is 0. The first kappa shape index (κ1) is 12.4. The van der Waals surface area contributed by atoms with Gasteiger partial charge >= 0.3 is 0 Å². The maximum atomic E-state index is 9.63. The number of halogens is 1. The summed E-state index contributed by atoms with van der Waals surface area (Å²) in [5.41, 5.74) is 14.5. The van der Waals surface area contributed by atoms with Crippen LogP contribution in [0.1, 0.15) is 0 Å². The third-order valence-electron chi connectivity index (χ3n) is 2.20. The fourth-order valence-corrected chi connectivity index (χ4v) is 1.69. The van der Waals surface area contributed by atoms with Crippen molar-refractivity contribution >= 4 is 28.7 Å². The number of aliphatic hydroxyl groups is 1. The zero-order chi connectivity index (χ0) is 13.1. The van der Waals surface area contributed by atoms with E-state index in [0.717, 1.165) is 0 Å². The fraction of sp³-hybridized carbons (Fsp3) is 0.375. The fourth-order valence-electron chi connectivity index (χ4n) is 1.47. The van der Waals surface area contributed by atoms with Gasteiger partial charge in [-0.1, -0.05) is 16.7 Å². The van der Waals surface area contributed by atoms with Gasteiger partial charge in [-0.2, -0.15) is 9.97 Å². The Bertz CT molecular complexity index is 619. The Balaban J connectivity index is 2.31. The van der Waals surface area contributed by atoms with Gasteiger partial charge in [-0.15, -0.1) is 0 Å². The number of nitrogens with two attached hydrogens (primary N) is 1. The van der Waals surface area contributed by atoms with Gasteiger partial charge in [0.25, 0.3) is 0 Å². The van der Waals surface area contributed by atoms with Crippen LogP contribution < -0.4 is 5.73 Å². The molecule has 0 saturated heterocycles. The van der Waals surface area contributed by atoms with Crippen LogP contribution in [-0.2, 0) is 6.54 Å². The summed E-state index contributed by atoms with van der Waals surface area (Å²) in [5.74, 6) is 0.0267. The molecule has 0 saturated carbocycles. The first-order valence-electron chi connectivity index (χ1n) is 4.94. The quantitative estimate of drug-likeness (QED) is 0.364. The minimum atomic E-state index is -0.840. The molecule has 1 unspecified atom stereocenters. The number of aromatic nitrogens is 4. The Morgan fingerprint density at radius 3 is 3.11 bits per heavy atom. The Morgan fingerprint density at radius 2 is 2.39 bits per heavy atom. The van der Waals surface area contributed by atoms with Crippen LogP contribution in [0.2, 0.25) is 5.15 Å². The largest absolute Gasteiger partial charge is 0.391 e. The average molecular weight is 269 g/mol. The number of aliphatic hydroxyl groups excluding tert-OH is 1. The number of rotatable bonds is 4. The van der Waals surface area contributed by atoms with E-state index in [1.807, 2.05) is 0 Å². The topological polar surface area (TPSA) is 139 Å². The van der Waals surface area contributed by atoms with Crippen molar-refractivity contribution in [3.8, 4) is 0 Å². The number of nitrogens with zero attached hydrogens (tertiary/aromatic N) is 7. The van der Waals surface area contributed by atoms with Crippen molar-refractivity contribution in [3.63, 3.8) is 0 Å². The summed E-state index contributed by atoms with van der Waals surface area (Å²) in [4.78, 5) is 14.4. The van der Waals surface area contributed by atoms with Crippen LogP contribution in [0.5, 0.6) is 0 Å². The number of imidazole rings is 1. The summed E-state index contributed by atoms with van der Waals surface area (Å²) in [6.07, 6.45) is 0.623. The summed E-state index contributed by atoms with van der Waals surface area (Å²) in [6.45, 7) is 0.132. The van der Waals surface area contributed by atoms with E-state index >= 15 is 0 Å². The van der Waals surface area contributed by atoms with E-state index in [2.05, 4.69) is 25.0 Å². The second-order valence-corrected chi connectivity index (χ2v) is 3.87. The number of nitrogen functional groups attached to an aromatic ring is 1. The standard InChI is InChI=1S/C8H9ClN8O/c9-6-5-7(15-8(10)14-6)17(3-12-5)2-4(18)1-13-16-11/h3-4,18H,1-2H2,(H2,10,14,15). The molecule has 0 aliphatic rings. The third-order valence-corrected chi connectivity index (χ3v) is 2.47. The molecule has 0 aliphatic heterocycles. The predicted octanol–water partition coefficient (Wildman–Crippen LogP) is 0.733. The SMILES string of the molecule is [N-]=[N+]=NCC(O)Cn1cnc2c(Cl)nc(N)nc21. The molecule has 2 rings (SSSR count). The molecule has 0 fully saturated rings. The number of anilines is 1. The van der Waals surface area contributed by atoms with E-state index in [9.17, 15) is 5.11 Å². The molecule has 94 valence electrons. The molecule has 2 heterocycles. The van der Waals surface area contributed by atoms with Crippen molar-refractivity contribution < 1.29 is 5.11 Å². The molecule has 0 bridgehead atoms. The van der Waals surface area contributed by atoms with E-state index in [1.165, 1.54) is 6.33 Å². The minimum absolute atomic E-state index is 0.0267. The molecular formula is C8H9ClN8O. The maximum Gasteiger partial charge on any atom is 0.223 e. The Hall–Kier alpha value is -2.09. The van der Waals surface area contributed by atoms with Gasteiger partial charge < -0.3 is 15.4 Å². The highest BCUT2D eigenvalue weighted by Gasteiger charge is 2.12. The van der Waals surface area contributed by atoms with Crippen molar-refractivity contribution in [2.24, 2.45) is 5.11 Å². The van der Waals surface area contributed by atoms with Crippen molar-refractivity contribution in [2.75, 3.05) is 12.3 Å². The highest BCUT2D eigenvalue weighted by atomic mass is 35.5. The first-order chi connectivity index (χ1) is 8.61. The molecule has 10 heteroatoms. The Kier molecular flexibility index (Phi) is 3.47. The van der Waals surface area contributed by atoms with Crippen molar-refractivity contribution in [3.05, 3.63) is 21.9 Å². The van der Waals surface area contributed by atoms with Crippen molar-refractivity contribution in [2.45, 2.75) is 12.6 Å². The molecule has 0 aromatic carbocycles. The lowest BCUT2D eigenvalue weighted by atomic mass is 10.3. The lowest BCUT2D eigenvalue weighted by Crippen LogP contribution is -2.18. The molecular weight excluding hydrogens is 260 g/mol. The normalized spacial score (nSPS) is 12.3. The average Bonchev–Trinajstić information content (AvgIpc) is 2.70. The van der Waals surface area contributed by atoms with Crippen LogP contribution in [0, 0.1) is 0 Å². The Labute approximate surface area is 106 Å². The van der Waals surface area contributed by atoms with Gasteiger partial charge in [-0.05, 0) is 5.53 Å². The molecule has 2 aromatic heterocycles. The van der Waals surface area contributed by atoms with Gasteiger partial charge in [-0.3, -0.25) is 0 Å². The van der Waals surface area contributed by atoms with Gasteiger partial charge in [-0.25, -0.2) is 4.98 Å². The molecule has 0 spiro atoms. The molecule has 0 radical (unpaired) electrons. The van der Waals surface area contributed by atoms with Crippen LogP contribution in [0.25, 0.3) is 21.6 Å². The van der Waals surface area contributed by atoms with E-state index < -0.39 is 6.10 Å². The lowest BCUT2D eigenvalue weighted by Gasteiger charge is -2.08. The number of fused-ring (bicyclic) bond motifs is 1. The molecule has 3 N–H and O–H groups in total. The molecule has 0 amide bonds. The molecule has 9 nitrogen and oxygen atoms in total. The predicted molar refractivity (Wildman–Crippen MR) is 64.8 cm³/mol. The van der Waals surface area contributed by atoms with Crippen LogP contribution in [0.15, 0.2) is 11.4 Å². The molecule has 1 atom stereocenters. The van der Waals surface area contributed by atoms with E-state index in [0.29, 0.717) is 11.2 Å². The van der Waals surface area contributed by atoms with Gasteiger partial charge in [0.15, 0.2) is 10.8 Å². The highest BCUT2D eigenvalue weighted by Crippen LogP contribution is 2.19. The maximum absolute atomic E-state index is 9.63. The Morgan fingerprint density at radius 1 is 1.61 bits per heavy atom. The zero-order valence-electron chi connectivity index (χ0n) is 9.10. The van der Waals surface area contributed by atoms with Crippen LogP contribution in [0.3, 0.4) is 0 Å². The van der Waals surface area contributed by atoms with Crippen LogP contribution in [-0.4, -0.2) is 37.3 Å². The summed E-state index contributed by atoms with van der Waals surface area (Å²) >= 11 is 5.86. The second-order valence-electron chi connectivity index (χ2n) is 3.51. The van der Waals surface area contributed by atoms with Gasteiger partial charge in [0, 0.05) is 4.91 Å². The van der Waals surface area contributed by atoms with E-state index in [4.69, 9.17) is 22.9 Å². The van der Waals surface area contributed by atoms with E-state index in [-0.39, 0.29) is 24.2 Å². The minimum Gasteiger partial charge on any atom is -0.391 e. The second kappa shape index (κ2) is 5.05. The summed E-state index contributed by atoms with van der Waals surface area (Å²) < 4.78 is 1.57. The van der Waals surface area contributed by atoms with Crippen molar-refractivity contribution in [1.82, 2.24) is 19.5 Å². The third kappa shape index (κ3) is 2.43. The van der Waals surface area contributed by atoms with Gasteiger partial charge in [0.2, 0.25) is 5.95 Å². The molecule has 2 aromatic rings. The smallest absolute Gasteiger partial charge is 0.223 e. The molecule has 18 heavy (non-hydrogen) atoms. The lowest BCUT2D eigenvalue weighted by molar-refractivity contribution is 0.163. The summed E-state index contributed by atoms with van der Waals surface area (Å²) in [5, 5.41) is 13.1. The number of hydrogen-bond donors (Lipinski definition) is 2. The first-order valence-corrected chi connectivity index (χ1v) is 5.32. The zero-order valence-corrected chi connectivity index (χ0v) is 9.86. The van der Waals surface area contributed by atoms with Gasteiger partial charge in [0.1, 0.15) is 5.52 Å². The number of hydrogen-bond acceptors (Lipinski definition) is 6. The summed E-state index contributed by atoms with van der Waals surface area (Å²) in [7, 11) is 0. The molecule has 0 aliphatic carbocycles. The highest BCUT2D eigenvalue weighted by molar-refractivity contribution is 6.33. The van der Waals surface area contributed by atoms with Crippen molar-refractivity contribution in [1.29, 1.82) is 0 Å². The van der Waals surface area contributed by atoms with Gasteiger partial charge in [0.05, 0.1) is 25.5 Å². The number of azide groups is 1. The van der Waals surface area contributed by atoms with Crippen LogP contribution >= 0.6 is 11.6 Å².